The van der Waals surface area contributed by atoms with Gasteiger partial charge in [0.05, 0.1) is 22.9 Å². The summed E-state index contributed by atoms with van der Waals surface area (Å²) in [6, 6.07) is 25.4. The Balaban J connectivity index is 1.18. The number of fused-ring (bicyclic) bond motifs is 4. The molecule has 4 N–H and O–H groups in total. The number of carbonyl (C=O) groups is 1. The van der Waals surface area contributed by atoms with Crippen LogP contribution in [-0.4, -0.2) is 32.0 Å². The second kappa shape index (κ2) is 10.6. The van der Waals surface area contributed by atoms with Crippen molar-refractivity contribution in [3.63, 3.8) is 0 Å². The van der Waals surface area contributed by atoms with Crippen LogP contribution in [0.15, 0.2) is 97.6 Å². The number of benzene rings is 4. The average molecular weight is 557 g/mol. The Kier molecular flexibility index (Phi) is 6.51. The highest BCUT2D eigenvalue weighted by atomic mass is 19.1. The summed E-state index contributed by atoms with van der Waals surface area (Å²) < 4.78 is 15.8. The number of rotatable bonds is 9. The van der Waals surface area contributed by atoms with Gasteiger partial charge in [0.15, 0.2) is 0 Å². The van der Waals surface area contributed by atoms with Gasteiger partial charge in [0.2, 0.25) is 0 Å². The second-order valence-corrected chi connectivity index (χ2v) is 10.7. The number of hydrogen-bond acceptors (Lipinski definition) is 4. The van der Waals surface area contributed by atoms with Crippen LogP contribution in [0.5, 0.6) is 0 Å². The molecule has 1 aliphatic rings. The van der Waals surface area contributed by atoms with E-state index in [1.807, 2.05) is 29.0 Å². The molecule has 0 fully saturated rings. The van der Waals surface area contributed by atoms with E-state index in [1.54, 1.807) is 18.6 Å². The Morgan fingerprint density at radius 1 is 1.00 bits per heavy atom. The van der Waals surface area contributed by atoms with Crippen LogP contribution < -0.4 is 11.1 Å². The Hall–Kier alpha value is -5.24. The third-order valence-electron chi connectivity index (χ3n) is 8.09. The van der Waals surface area contributed by atoms with Crippen LogP contribution >= 0.6 is 0 Å². The summed E-state index contributed by atoms with van der Waals surface area (Å²) in [5.74, 6) is 0.191. The molecule has 8 heteroatoms. The fourth-order valence-electron chi connectivity index (χ4n) is 6.13. The van der Waals surface area contributed by atoms with E-state index in [2.05, 4.69) is 57.7 Å². The lowest BCUT2D eigenvalue weighted by Gasteiger charge is -2.16. The van der Waals surface area contributed by atoms with Gasteiger partial charge >= 0.3 is 0 Å². The summed E-state index contributed by atoms with van der Waals surface area (Å²) in [4.78, 5) is 24.3. The molecule has 1 aliphatic carbocycles. The maximum absolute atomic E-state index is 13.9. The number of nitrogens with zero attached hydrogens (tertiary/aromatic N) is 3. The van der Waals surface area contributed by atoms with Gasteiger partial charge < -0.3 is 20.6 Å². The molecule has 1 atom stereocenters. The first-order valence-electron chi connectivity index (χ1n) is 14.1. The van der Waals surface area contributed by atoms with E-state index in [4.69, 9.17) is 10.7 Å². The zero-order valence-corrected chi connectivity index (χ0v) is 22.8. The van der Waals surface area contributed by atoms with E-state index >= 15 is 0 Å². The standard InChI is InChI=1S/C34H29FN6O/c35-22-10-13-29-31(19-22)40-34(39-29)28-7-3-6-26-24(23-4-1-2-5-25(23)32(26)28)11-8-21-9-12-27(33(36)42)30(18-21)38-15-17-41-16-14-37-20-41/h1-7,9-10,12-14,16,18-20,24,38H,8,11,15,17H2,(H2,36,42)(H,39,40). The lowest BCUT2D eigenvalue weighted by molar-refractivity contribution is 0.100. The number of halogens is 1. The number of H-pyrrole nitrogens is 1. The van der Waals surface area contributed by atoms with Crippen LogP contribution in [0.2, 0.25) is 0 Å². The molecule has 1 amide bonds. The fourth-order valence-corrected chi connectivity index (χ4v) is 6.13. The quantitative estimate of drug-likeness (QED) is 0.189. The summed E-state index contributed by atoms with van der Waals surface area (Å²) in [6.07, 6.45) is 7.13. The zero-order valence-electron chi connectivity index (χ0n) is 22.8. The Bertz CT molecular complexity index is 1930. The predicted octanol–water partition coefficient (Wildman–Crippen LogP) is 6.52. The molecule has 2 aromatic heterocycles. The van der Waals surface area contributed by atoms with E-state index in [9.17, 15) is 9.18 Å². The predicted molar refractivity (Wildman–Crippen MR) is 163 cm³/mol. The van der Waals surface area contributed by atoms with Crippen molar-refractivity contribution >= 4 is 22.6 Å². The van der Waals surface area contributed by atoms with E-state index in [1.165, 1.54) is 34.4 Å². The van der Waals surface area contributed by atoms with Crippen LogP contribution in [-0.2, 0) is 13.0 Å². The summed E-state index contributed by atoms with van der Waals surface area (Å²) >= 11 is 0. The van der Waals surface area contributed by atoms with Gasteiger partial charge in [0.25, 0.3) is 5.91 Å². The molecule has 1 unspecified atom stereocenters. The molecule has 2 heterocycles. The number of nitrogens with one attached hydrogen (secondary N) is 2. The van der Waals surface area contributed by atoms with Gasteiger partial charge in [-0.2, -0.15) is 0 Å². The number of imidazole rings is 2. The van der Waals surface area contributed by atoms with Gasteiger partial charge in [-0.1, -0.05) is 48.5 Å². The Morgan fingerprint density at radius 2 is 1.86 bits per heavy atom. The minimum Gasteiger partial charge on any atom is -0.383 e. The lowest BCUT2D eigenvalue weighted by Crippen LogP contribution is -2.17. The molecule has 0 radical (unpaired) electrons. The molecule has 208 valence electrons. The number of primary amides is 1. The Morgan fingerprint density at radius 3 is 2.71 bits per heavy atom. The van der Waals surface area contributed by atoms with Gasteiger partial charge in [0.1, 0.15) is 11.6 Å². The summed E-state index contributed by atoms with van der Waals surface area (Å²) in [6.45, 7) is 1.36. The molecule has 6 aromatic rings. The molecule has 7 rings (SSSR count). The van der Waals surface area contributed by atoms with Crippen molar-refractivity contribution in [2.45, 2.75) is 25.3 Å². The highest BCUT2D eigenvalue weighted by molar-refractivity contribution is 5.98. The van der Waals surface area contributed by atoms with Gasteiger partial charge in [-0.25, -0.2) is 14.4 Å². The summed E-state index contributed by atoms with van der Waals surface area (Å²) in [5.41, 5.74) is 15.4. The number of nitrogens with two attached hydrogens (primary N) is 1. The zero-order chi connectivity index (χ0) is 28.6. The largest absolute Gasteiger partial charge is 0.383 e. The third-order valence-corrected chi connectivity index (χ3v) is 8.09. The van der Waals surface area contributed by atoms with Crippen molar-refractivity contribution in [1.29, 1.82) is 0 Å². The maximum atomic E-state index is 13.9. The van der Waals surface area contributed by atoms with Crippen LogP contribution in [0.1, 0.15) is 39.4 Å². The van der Waals surface area contributed by atoms with Crippen molar-refractivity contribution < 1.29 is 9.18 Å². The SMILES string of the molecule is NC(=O)c1ccc(CCC2c3ccccc3-c3c(-c4nc5ccc(F)cc5[nH]4)cccc32)cc1NCCn1ccnc1. The van der Waals surface area contributed by atoms with Gasteiger partial charge in [-0.15, -0.1) is 0 Å². The van der Waals surface area contributed by atoms with Crippen LogP contribution in [0.4, 0.5) is 10.1 Å². The van der Waals surface area contributed by atoms with E-state index < -0.39 is 5.91 Å². The molecule has 0 aliphatic heterocycles. The van der Waals surface area contributed by atoms with E-state index in [-0.39, 0.29) is 11.7 Å². The minimum atomic E-state index is -0.453. The van der Waals surface area contributed by atoms with Crippen LogP contribution in [0, 0.1) is 5.82 Å². The first-order valence-corrected chi connectivity index (χ1v) is 14.1. The van der Waals surface area contributed by atoms with Crippen molar-refractivity contribution in [2.24, 2.45) is 5.73 Å². The molecule has 42 heavy (non-hydrogen) atoms. The first kappa shape index (κ1) is 25.7. The monoisotopic (exact) mass is 556 g/mol. The Labute approximate surface area is 242 Å². The number of aromatic nitrogens is 4. The van der Waals surface area contributed by atoms with Crippen molar-refractivity contribution in [3.8, 4) is 22.5 Å². The lowest BCUT2D eigenvalue weighted by atomic mass is 9.89. The smallest absolute Gasteiger partial charge is 0.250 e. The van der Waals surface area contributed by atoms with Crippen LogP contribution in [0.3, 0.4) is 0 Å². The average Bonchev–Trinajstić information content (AvgIpc) is 3.74. The number of amides is 1. The third kappa shape index (κ3) is 4.71. The topological polar surface area (TPSA) is 102 Å². The molecule has 0 saturated heterocycles. The number of aryl methyl sites for hydroxylation is 1. The summed E-state index contributed by atoms with van der Waals surface area (Å²) in [7, 11) is 0. The molecular weight excluding hydrogens is 527 g/mol. The number of anilines is 1. The first-order chi connectivity index (χ1) is 20.5. The van der Waals surface area contributed by atoms with E-state index in [0.29, 0.717) is 17.6 Å². The fraction of sp³-hybridized carbons (Fsp3) is 0.147. The number of aromatic amines is 1. The minimum absolute atomic E-state index is 0.200. The molecular formula is C34H29FN6O. The highest BCUT2D eigenvalue weighted by Crippen LogP contribution is 2.50. The van der Waals surface area contributed by atoms with Gasteiger partial charge in [0, 0.05) is 42.7 Å². The second-order valence-electron chi connectivity index (χ2n) is 10.7. The highest BCUT2D eigenvalue weighted by Gasteiger charge is 2.31. The van der Waals surface area contributed by atoms with Crippen molar-refractivity contribution in [1.82, 2.24) is 19.5 Å². The number of carbonyl (C=O) groups excluding carboxylic acids is 1. The molecule has 7 nitrogen and oxygen atoms in total. The van der Waals surface area contributed by atoms with Crippen molar-refractivity contribution in [2.75, 3.05) is 11.9 Å². The molecule has 0 bridgehead atoms. The van der Waals surface area contributed by atoms with Gasteiger partial charge in [-0.3, -0.25) is 4.79 Å². The summed E-state index contributed by atoms with van der Waals surface area (Å²) in [5, 5.41) is 3.39. The van der Waals surface area contributed by atoms with Crippen LogP contribution in [0.25, 0.3) is 33.5 Å². The molecule has 0 saturated carbocycles. The molecule has 0 spiro atoms. The molecule has 4 aromatic carbocycles. The van der Waals surface area contributed by atoms with Gasteiger partial charge in [-0.05, 0) is 71.0 Å². The maximum Gasteiger partial charge on any atom is 0.250 e. The number of hydrogen-bond donors (Lipinski definition) is 3. The van der Waals surface area contributed by atoms with Crippen molar-refractivity contribution in [3.05, 3.63) is 126 Å². The normalized spacial score (nSPS) is 13.7. The van der Waals surface area contributed by atoms with E-state index in [0.717, 1.165) is 47.5 Å².